The van der Waals surface area contributed by atoms with Crippen LogP contribution in [0.4, 0.5) is 5.82 Å². The Labute approximate surface area is 126 Å². The predicted molar refractivity (Wildman–Crippen MR) is 82.2 cm³/mol. The molecule has 2 rings (SSSR count). The van der Waals surface area contributed by atoms with Crippen LogP contribution in [0, 0.1) is 11.3 Å². The second-order valence-electron chi connectivity index (χ2n) is 5.35. The fourth-order valence-corrected chi connectivity index (χ4v) is 2.79. The van der Waals surface area contributed by atoms with Gasteiger partial charge in [-0.3, -0.25) is 4.79 Å². The molecule has 21 heavy (non-hydrogen) atoms. The molecule has 5 nitrogen and oxygen atoms in total. The fraction of sp³-hybridized carbons (Fsp3) is 0.562. The van der Waals surface area contributed by atoms with Gasteiger partial charge < -0.3 is 9.80 Å². The van der Waals surface area contributed by atoms with Gasteiger partial charge in [0.05, 0.1) is 12.1 Å². The zero-order valence-corrected chi connectivity index (χ0v) is 13.0. The van der Waals surface area contributed by atoms with E-state index >= 15 is 0 Å². The largest absolute Gasteiger partial charge is 0.349 e. The van der Waals surface area contributed by atoms with E-state index in [2.05, 4.69) is 11.1 Å². The van der Waals surface area contributed by atoms with Crippen LogP contribution in [0.15, 0.2) is 6.07 Å². The highest BCUT2D eigenvalue weighted by molar-refractivity contribution is 5.81. The Morgan fingerprint density at radius 2 is 2.10 bits per heavy atom. The van der Waals surface area contributed by atoms with Gasteiger partial charge in [-0.1, -0.05) is 0 Å². The number of pyridine rings is 1. The van der Waals surface area contributed by atoms with E-state index in [1.54, 1.807) is 9.80 Å². The van der Waals surface area contributed by atoms with Crippen molar-refractivity contribution in [1.82, 2.24) is 9.88 Å². The highest BCUT2D eigenvalue weighted by Gasteiger charge is 2.20. The quantitative estimate of drug-likeness (QED) is 0.827. The molecule has 1 aliphatic rings. The number of nitrogens with zero attached hydrogens (tertiary/aromatic N) is 4. The van der Waals surface area contributed by atoms with E-state index in [0.717, 1.165) is 25.0 Å². The maximum absolute atomic E-state index is 12.2. The molecule has 1 amide bonds. The van der Waals surface area contributed by atoms with E-state index < -0.39 is 0 Å². The Morgan fingerprint density at radius 1 is 1.38 bits per heavy atom. The lowest BCUT2D eigenvalue weighted by molar-refractivity contribution is -0.129. The summed E-state index contributed by atoms with van der Waals surface area (Å²) in [6.45, 7) is 5.59. The number of carbonyl (C=O) groups is 1. The highest BCUT2D eigenvalue weighted by atomic mass is 16.2. The summed E-state index contributed by atoms with van der Waals surface area (Å²) in [4.78, 5) is 20.4. The lowest BCUT2D eigenvalue weighted by Crippen LogP contribution is -2.39. The molecule has 0 N–H and O–H groups in total. The van der Waals surface area contributed by atoms with Crippen molar-refractivity contribution >= 4 is 11.7 Å². The van der Waals surface area contributed by atoms with Crippen LogP contribution in [0.3, 0.4) is 0 Å². The topological polar surface area (TPSA) is 60.2 Å². The second-order valence-corrected chi connectivity index (χ2v) is 5.35. The Balaban J connectivity index is 2.21. The van der Waals surface area contributed by atoms with Crippen molar-refractivity contribution in [1.29, 1.82) is 5.26 Å². The molecule has 0 bridgehead atoms. The van der Waals surface area contributed by atoms with Gasteiger partial charge in [-0.25, -0.2) is 4.98 Å². The summed E-state index contributed by atoms with van der Waals surface area (Å²) >= 11 is 0. The van der Waals surface area contributed by atoms with E-state index in [4.69, 9.17) is 0 Å². The lowest BCUT2D eigenvalue weighted by atomic mass is 10.1. The number of anilines is 1. The van der Waals surface area contributed by atoms with Gasteiger partial charge in [0.25, 0.3) is 0 Å². The number of fused-ring (bicyclic) bond motifs is 1. The molecule has 0 aliphatic heterocycles. The van der Waals surface area contributed by atoms with Crippen molar-refractivity contribution in [3.8, 4) is 6.07 Å². The van der Waals surface area contributed by atoms with Gasteiger partial charge in [-0.05, 0) is 44.7 Å². The minimum absolute atomic E-state index is 0.0636. The normalized spacial score (nSPS) is 12.7. The summed E-state index contributed by atoms with van der Waals surface area (Å²) in [6.07, 6.45) is 3.06. The van der Waals surface area contributed by atoms with Crippen molar-refractivity contribution in [2.45, 2.75) is 33.1 Å². The minimum Gasteiger partial charge on any atom is -0.349 e. The molecule has 0 spiro atoms. The Hall–Kier alpha value is -2.09. The van der Waals surface area contributed by atoms with Crippen LogP contribution in [0.25, 0.3) is 0 Å². The number of aromatic nitrogens is 1. The van der Waals surface area contributed by atoms with E-state index in [1.165, 1.54) is 5.56 Å². The van der Waals surface area contributed by atoms with Crippen molar-refractivity contribution in [2.75, 3.05) is 31.6 Å². The average molecular weight is 286 g/mol. The number of likely N-dealkylation sites (N-methyl/N-ethyl adjacent to an activating group) is 2. The van der Waals surface area contributed by atoms with Crippen LogP contribution >= 0.6 is 0 Å². The van der Waals surface area contributed by atoms with Crippen LogP contribution in [0.1, 0.15) is 37.1 Å². The first kappa shape index (κ1) is 15.3. The molecule has 0 fully saturated rings. The summed E-state index contributed by atoms with van der Waals surface area (Å²) in [5, 5.41) is 9.32. The summed E-state index contributed by atoms with van der Waals surface area (Å²) < 4.78 is 0. The molecule has 1 aliphatic carbocycles. The molecule has 0 aromatic carbocycles. The molecule has 0 saturated heterocycles. The van der Waals surface area contributed by atoms with Gasteiger partial charge in [0.1, 0.15) is 11.9 Å². The molecule has 1 aromatic heterocycles. The Bertz CT molecular complexity index is 572. The predicted octanol–water partition coefficient (Wildman–Crippen LogP) is 1.75. The molecule has 1 heterocycles. The van der Waals surface area contributed by atoms with Gasteiger partial charge in [-0.2, -0.15) is 5.26 Å². The van der Waals surface area contributed by atoms with E-state index in [-0.39, 0.29) is 12.5 Å². The number of aryl methyl sites for hydroxylation is 2. The zero-order chi connectivity index (χ0) is 15.4. The van der Waals surface area contributed by atoms with Crippen molar-refractivity contribution in [2.24, 2.45) is 0 Å². The summed E-state index contributed by atoms with van der Waals surface area (Å²) in [5.74, 6) is 0.687. The summed E-state index contributed by atoms with van der Waals surface area (Å²) in [7, 11) is 1.83. The summed E-state index contributed by atoms with van der Waals surface area (Å²) in [5.41, 5.74) is 2.82. The van der Waals surface area contributed by atoms with Crippen LogP contribution in [-0.4, -0.2) is 42.5 Å². The average Bonchev–Trinajstić information content (AvgIpc) is 2.94. The van der Waals surface area contributed by atoms with Crippen LogP contribution in [-0.2, 0) is 17.6 Å². The number of nitriles is 1. The van der Waals surface area contributed by atoms with E-state index in [9.17, 15) is 10.1 Å². The molecule has 0 radical (unpaired) electrons. The van der Waals surface area contributed by atoms with Gasteiger partial charge in [0.2, 0.25) is 5.91 Å². The van der Waals surface area contributed by atoms with Crippen LogP contribution in [0.5, 0.6) is 0 Å². The number of hydrogen-bond acceptors (Lipinski definition) is 4. The summed E-state index contributed by atoms with van der Waals surface area (Å²) in [6, 6.07) is 4.14. The van der Waals surface area contributed by atoms with Crippen LogP contribution < -0.4 is 4.90 Å². The third kappa shape index (κ3) is 3.15. The fourth-order valence-electron chi connectivity index (χ4n) is 2.79. The van der Waals surface area contributed by atoms with Gasteiger partial charge in [-0.15, -0.1) is 0 Å². The molecule has 0 atom stereocenters. The van der Waals surface area contributed by atoms with E-state index in [0.29, 0.717) is 24.5 Å². The standard InChI is InChI=1S/C16H22N4O/c1-4-20(5-2)15(21)11-19(3)16-13(10-17)9-12-7-6-8-14(12)18-16/h9H,4-8,11H2,1-3H3. The van der Waals surface area contributed by atoms with Gasteiger partial charge in [0, 0.05) is 25.8 Å². The number of rotatable bonds is 5. The highest BCUT2D eigenvalue weighted by Crippen LogP contribution is 2.26. The second kappa shape index (κ2) is 6.57. The molecule has 112 valence electrons. The van der Waals surface area contributed by atoms with Crippen molar-refractivity contribution in [3.05, 3.63) is 22.9 Å². The Kier molecular flexibility index (Phi) is 4.79. The maximum atomic E-state index is 12.2. The lowest BCUT2D eigenvalue weighted by Gasteiger charge is -2.24. The smallest absolute Gasteiger partial charge is 0.242 e. The number of hydrogen-bond donors (Lipinski definition) is 0. The monoisotopic (exact) mass is 286 g/mol. The molecule has 5 heteroatoms. The van der Waals surface area contributed by atoms with E-state index in [1.807, 2.05) is 27.0 Å². The van der Waals surface area contributed by atoms with Gasteiger partial charge >= 0.3 is 0 Å². The number of carbonyl (C=O) groups excluding carboxylic acids is 1. The van der Waals surface area contributed by atoms with Crippen molar-refractivity contribution in [3.63, 3.8) is 0 Å². The third-order valence-electron chi connectivity index (χ3n) is 4.00. The van der Waals surface area contributed by atoms with Crippen molar-refractivity contribution < 1.29 is 4.79 Å². The first-order chi connectivity index (χ1) is 10.1. The minimum atomic E-state index is 0.0636. The number of amides is 1. The van der Waals surface area contributed by atoms with Crippen LogP contribution in [0.2, 0.25) is 0 Å². The van der Waals surface area contributed by atoms with Gasteiger partial charge in [0.15, 0.2) is 0 Å². The third-order valence-corrected chi connectivity index (χ3v) is 4.00. The first-order valence-corrected chi connectivity index (χ1v) is 7.52. The first-order valence-electron chi connectivity index (χ1n) is 7.52. The molecular formula is C16H22N4O. The molecule has 1 aromatic rings. The SMILES string of the molecule is CCN(CC)C(=O)CN(C)c1nc2c(cc1C#N)CCC2. The molecular weight excluding hydrogens is 264 g/mol. The maximum Gasteiger partial charge on any atom is 0.242 e. The zero-order valence-electron chi connectivity index (χ0n) is 13.0. The Morgan fingerprint density at radius 3 is 2.71 bits per heavy atom. The molecule has 0 unspecified atom stereocenters. The molecule has 0 saturated carbocycles.